The van der Waals surface area contributed by atoms with E-state index in [9.17, 15) is 18.0 Å². The Morgan fingerprint density at radius 1 is 1.15 bits per heavy atom. The summed E-state index contributed by atoms with van der Waals surface area (Å²) in [6.45, 7) is 3.80. The second-order valence-corrected chi connectivity index (χ2v) is 7.98. The van der Waals surface area contributed by atoms with E-state index >= 15 is 0 Å². The number of carbonyl (C=O) groups is 2. The molecule has 10 heteroatoms. The number of hydrogen-bond donors (Lipinski definition) is 2. The lowest BCUT2D eigenvalue weighted by Gasteiger charge is -2.19. The van der Waals surface area contributed by atoms with Gasteiger partial charge in [-0.25, -0.2) is 8.42 Å². The van der Waals surface area contributed by atoms with Crippen LogP contribution in [0, 0.1) is 13.8 Å². The van der Waals surface area contributed by atoms with Crippen LogP contribution in [0.2, 0.25) is 0 Å². The van der Waals surface area contributed by atoms with Crippen molar-refractivity contribution in [2.24, 2.45) is 0 Å². The second-order valence-electron chi connectivity index (χ2n) is 5.97. The van der Waals surface area contributed by atoms with Crippen LogP contribution < -0.4 is 14.9 Å². The van der Waals surface area contributed by atoms with E-state index in [4.69, 9.17) is 4.52 Å². The average molecular weight is 378 g/mol. The van der Waals surface area contributed by atoms with Crippen molar-refractivity contribution in [1.82, 2.24) is 5.16 Å². The molecule has 26 heavy (non-hydrogen) atoms. The third-order valence-corrected chi connectivity index (χ3v) is 5.80. The van der Waals surface area contributed by atoms with Gasteiger partial charge in [0.25, 0.3) is 0 Å². The van der Waals surface area contributed by atoms with Crippen LogP contribution in [0.25, 0.3) is 0 Å². The molecule has 0 saturated carbocycles. The summed E-state index contributed by atoms with van der Waals surface area (Å²) in [5.74, 6) is -1.07. The maximum Gasteiger partial charge on any atom is 0.315 e. The Morgan fingerprint density at radius 2 is 1.88 bits per heavy atom. The summed E-state index contributed by atoms with van der Waals surface area (Å²) in [5.41, 5.74) is 1.51. The number of aryl methyl sites for hydroxylation is 2. The van der Waals surface area contributed by atoms with Crippen molar-refractivity contribution in [2.45, 2.75) is 20.3 Å². The van der Waals surface area contributed by atoms with Gasteiger partial charge in [-0.3, -0.25) is 19.2 Å². The van der Waals surface area contributed by atoms with Crippen LogP contribution in [0.5, 0.6) is 0 Å². The summed E-state index contributed by atoms with van der Waals surface area (Å²) in [5, 5.41) is 8.41. The van der Waals surface area contributed by atoms with Crippen LogP contribution in [-0.2, 0) is 19.6 Å². The molecule has 0 unspecified atom stereocenters. The number of hydrogen-bond acceptors (Lipinski definition) is 6. The Morgan fingerprint density at radius 3 is 2.50 bits per heavy atom. The summed E-state index contributed by atoms with van der Waals surface area (Å²) < 4.78 is 30.2. The van der Waals surface area contributed by atoms with Crippen molar-refractivity contribution in [2.75, 3.05) is 27.2 Å². The smallest absolute Gasteiger partial charge is 0.315 e. The van der Waals surface area contributed by atoms with Crippen molar-refractivity contribution < 1.29 is 22.5 Å². The molecule has 0 radical (unpaired) electrons. The molecule has 1 aliphatic heterocycles. The highest BCUT2D eigenvalue weighted by Gasteiger charge is 2.29. The summed E-state index contributed by atoms with van der Waals surface area (Å²) in [7, 11) is -3.33. The molecule has 2 aromatic rings. The molecule has 138 valence electrons. The first-order valence-electron chi connectivity index (χ1n) is 7.93. The minimum absolute atomic E-state index is 0.0993. The van der Waals surface area contributed by atoms with Gasteiger partial charge in [-0.05, 0) is 38.0 Å². The van der Waals surface area contributed by atoms with Gasteiger partial charge >= 0.3 is 11.8 Å². The molecule has 0 bridgehead atoms. The van der Waals surface area contributed by atoms with Crippen LogP contribution in [0.3, 0.4) is 0 Å². The highest BCUT2D eigenvalue weighted by molar-refractivity contribution is 7.93. The van der Waals surface area contributed by atoms with E-state index < -0.39 is 21.8 Å². The third-order valence-electron chi connectivity index (χ3n) is 3.93. The molecule has 0 spiro atoms. The van der Waals surface area contributed by atoms with Gasteiger partial charge in [-0.2, -0.15) is 0 Å². The van der Waals surface area contributed by atoms with Crippen molar-refractivity contribution >= 4 is 39.0 Å². The molecule has 1 saturated heterocycles. The molecule has 2 heterocycles. The molecule has 2 amide bonds. The largest absolute Gasteiger partial charge is 0.360 e. The summed E-state index contributed by atoms with van der Waals surface area (Å²) in [6.07, 6.45) is 0.553. The van der Waals surface area contributed by atoms with E-state index in [1.807, 2.05) is 0 Å². The standard InChI is InChI=1S/C16H18N4O5S/c1-10-4-5-12(20-6-3-7-26(20,23)24)9-13(10)17-15(21)16(22)18-14-8-11(2)25-19-14/h4-5,8-9H,3,6-7H2,1-2H3,(H,17,21)(H,18,19,22). The molecule has 1 aromatic carbocycles. The number of amides is 2. The fourth-order valence-electron chi connectivity index (χ4n) is 2.61. The summed E-state index contributed by atoms with van der Waals surface area (Å²) in [6, 6.07) is 6.39. The summed E-state index contributed by atoms with van der Waals surface area (Å²) >= 11 is 0. The SMILES string of the molecule is Cc1cc(NC(=O)C(=O)Nc2cc(N3CCCS3(=O)=O)ccc2C)no1. The zero-order chi connectivity index (χ0) is 18.9. The van der Waals surface area contributed by atoms with Gasteiger partial charge in [0.2, 0.25) is 10.0 Å². The van der Waals surface area contributed by atoms with Crippen molar-refractivity contribution in [3.05, 3.63) is 35.6 Å². The van der Waals surface area contributed by atoms with Crippen LogP contribution in [-0.4, -0.2) is 37.7 Å². The van der Waals surface area contributed by atoms with E-state index in [2.05, 4.69) is 15.8 Å². The predicted octanol–water partition coefficient (Wildman–Crippen LogP) is 1.41. The fourth-order valence-corrected chi connectivity index (χ4v) is 4.16. The molecule has 3 rings (SSSR count). The molecular weight excluding hydrogens is 360 g/mol. The van der Waals surface area contributed by atoms with Crippen LogP contribution >= 0.6 is 0 Å². The third kappa shape index (κ3) is 3.69. The number of sulfonamides is 1. The van der Waals surface area contributed by atoms with Crippen LogP contribution in [0.15, 0.2) is 28.8 Å². The maximum absolute atomic E-state index is 12.1. The molecule has 2 N–H and O–H groups in total. The topological polar surface area (TPSA) is 122 Å². The maximum atomic E-state index is 12.1. The lowest BCUT2D eigenvalue weighted by atomic mass is 10.1. The number of anilines is 3. The number of nitrogens with one attached hydrogen (secondary N) is 2. The number of carbonyl (C=O) groups excluding carboxylic acids is 2. The van der Waals surface area contributed by atoms with Crippen LogP contribution in [0.1, 0.15) is 17.7 Å². The Labute approximate surface area is 150 Å². The molecule has 0 atom stereocenters. The number of nitrogens with zero attached hydrogens (tertiary/aromatic N) is 2. The van der Waals surface area contributed by atoms with E-state index in [0.29, 0.717) is 35.7 Å². The zero-order valence-electron chi connectivity index (χ0n) is 14.3. The quantitative estimate of drug-likeness (QED) is 0.779. The predicted molar refractivity (Wildman–Crippen MR) is 95.4 cm³/mol. The molecule has 1 fully saturated rings. The lowest BCUT2D eigenvalue weighted by Crippen LogP contribution is -2.30. The molecule has 1 aliphatic rings. The number of rotatable bonds is 3. The van der Waals surface area contributed by atoms with Gasteiger partial charge in [0.1, 0.15) is 5.76 Å². The van der Waals surface area contributed by atoms with Gasteiger partial charge in [0, 0.05) is 18.3 Å². The monoisotopic (exact) mass is 378 g/mol. The normalized spacial score (nSPS) is 15.7. The van der Waals surface area contributed by atoms with Crippen molar-refractivity contribution in [3.8, 4) is 0 Å². The fraction of sp³-hybridized carbons (Fsp3) is 0.312. The highest BCUT2D eigenvalue weighted by atomic mass is 32.2. The van der Waals surface area contributed by atoms with Crippen molar-refractivity contribution in [3.63, 3.8) is 0 Å². The van der Waals surface area contributed by atoms with Gasteiger partial charge in [-0.1, -0.05) is 11.2 Å². The highest BCUT2D eigenvalue weighted by Crippen LogP contribution is 2.28. The van der Waals surface area contributed by atoms with Gasteiger partial charge in [-0.15, -0.1) is 0 Å². The first-order valence-corrected chi connectivity index (χ1v) is 9.54. The zero-order valence-corrected chi connectivity index (χ0v) is 15.1. The van der Waals surface area contributed by atoms with Gasteiger partial charge < -0.3 is 9.84 Å². The minimum Gasteiger partial charge on any atom is -0.360 e. The Bertz CT molecular complexity index is 967. The Kier molecular flexibility index (Phi) is 4.68. The van der Waals surface area contributed by atoms with Gasteiger partial charge in [0.05, 0.1) is 11.4 Å². The first-order chi connectivity index (χ1) is 12.3. The molecule has 1 aromatic heterocycles. The molecular formula is C16H18N4O5S. The van der Waals surface area contributed by atoms with Crippen LogP contribution in [0.4, 0.5) is 17.2 Å². The number of aromatic nitrogens is 1. The Hall–Kier alpha value is -2.88. The molecule has 0 aliphatic carbocycles. The van der Waals surface area contributed by atoms with E-state index in [-0.39, 0.29) is 11.6 Å². The number of benzene rings is 1. The molecule has 9 nitrogen and oxygen atoms in total. The lowest BCUT2D eigenvalue weighted by molar-refractivity contribution is -0.133. The summed E-state index contributed by atoms with van der Waals surface area (Å²) in [4.78, 5) is 24.1. The van der Waals surface area contributed by atoms with Crippen molar-refractivity contribution in [1.29, 1.82) is 0 Å². The van der Waals surface area contributed by atoms with E-state index in [1.54, 1.807) is 32.0 Å². The minimum atomic E-state index is -3.33. The Balaban J connectivity index is 1.75. The van der Waals surface area contributed by atoms with Gasteiger partial charge in [0.15, 0.2) is 5.82 Å². The first kappa shape index (κ1) is 17.9. The van der Waals surface area contributed by atoms with E-state index in [0.717, 1.165) is 0 Å². The van der Waals surface area contributed by atoms with E-state index in [1.165, 1.54) is 10.4 Å². The average Bonchev–Trinajstić information content (AvgIpc) is 3.14. The second kappa shape index (κ2) is 6.79.